The zero-order chi connectivity index (χ0) is 19.4. The number of hydrogen-bond acceptors (Lipinski definition) is 2. The van der Waals surface area contributed by atoms with Crippen molar-refractivity contribution in [2.45, 2.75) is 96.9 Å². The molecule has 4 rings (SSSR count). The van der Waals surface area contributed by atoms with E-state index in [9.17, 15) is 4.79 Å². The van der Waals surface area contributed by atoms with Crippen LogP contribution in [0.3, 0.4) is 0 Å². The number of hydrogen-bond donors (Lipinski definition) is 0. The van der Waals surface area contributed by atoms with Crippen molar-refractivity contribution >= 4 is 14.1 Å². The normalized spacial score (nSPS) is 47.1. The molecule has 0 aromatic carbocycles. The molecule has 0 radical (unpaired) electrons. The topological polar surface area (TPSA) is 26.3 Å². The lowest BCUT2D eigenvalue weighted by molar-refractivity contribution is -0.141. The molecular weight excluding hydrogens is 348 g/mol. The van der Waals surface area contributed by atoms with Crippen LogP contribution in [0, 0.1) is 34.5 Å². The molecule has 4 aliphatic carbocycles. The quantitative estimate of drug-likeness (QED) is 0.413. The summed E-state index contributed by atoms with van der Waals surface area (Å²) >= 11 is 0. The van der Waals surface area contributed by atoms with Gasteiger partial charge in [-0.15, -0.1) is 6.58 Å². The van der Waals surface area contributed by atoms with Crippen LogP contribution >= 0.6 is 0 Å². The molecule has 0 aliphatic heterocycles. The third-order valence-corrected chi connectivity index (χ3v) is 11.7. The first-order valence-electron chi connectivity index (χ1n) is 11.5. The molecule has 27 heavy (non-hydrogen) atoms. The Hall–Kier alpha value is -0.413. The number of rotatable bonds is 4. The van der Waals surface area contributed by atoms with Gasteiger partial charge in [-0.25, -0.2) is 0 Å². The summed E-state index contributed by atoms with van der Waals surface area (Å²) in [5.41, 5.74) is 0.505. The minimum Gasteiger partial charge on any atom is -0.414 e. The van der Waals surface area contributed by atoms with Gasteiger partial charge < -0.3 is 4.43 Å². The van der Waals surface area contributed by atoms with Gasteiger partial charge in [-0.3, -0.25) is 4.79 Å². The summed E-state index contributed by atoms with van der Waals surface area (Å²) in [6.07, 6.45) is 13.6. The second-order valence-corrected chi connectivity index (χ2v) is 15.5. The highest BCUT2D eigenvalue weighted by Gasteiger charge is 2.60. The second kappa shape index (κ2) is 6.83. The molecule has 0 saturated heterocycles. The molecule has 0 heterocycles. The summed E-state index contributed by atoms with van der Waals surface area (Å²) in [5, 5.41) is 0. The third kappa shape index (κ3) is 3.21. The summed E-state index contributed by atoms with van der Waals surface area (Å²) in [6.45, 7) is 13.5. The van der Waals surface area contributed by atoms with E-state index in [-0.39, 0.29) is 5.41 Å². The van der Waals surface area contributed by atoms with Crippen molar-refractivity contribution < 1.29 is 9.22 Å². The highest BCUT2D eigenvalue weighted by Crippen LogP contribution is 2.65. The molecule has 0 amide bonds. The molecule has 0 spiro atoms. The highest BCUT2D eigenvalue weighted by molar-refractivity contribution is 6.71. The van der Waals surface area contributed by atoms with Crippen LogP contribution in [0.1, 0.15) is 71.6 Å². The minimum atomic E-state index is -1.60. The van der Waals surface area contributed by atoms with Crippen molar-refractivity contribution in [1.29, 1.82) is 0 Å². The number of ketones is 1. The van der Waals surface area contributed by atoms with Gasteiger partial charge in [0.25, 0.3) is 0 Å². The largest absolute Gasteiger partial charge is 0.414 e. The van der Waals surface area contributed by atoms with Crippen molar-refractivity contribution in [2.24, 2.45) is 34.5 Å². The molecule has 4 saturated carbocycles. The molecule has 4 fully saturated rings. The van der Waals surface area contributed by atoms with E-state index in [2.05, 4.69) is 33.5 Å². The van der Waals surface area contributed by atoms with E-state index in [1.54, 1.807) is 0 Å². The van der Waals surface area contributed by atoms with E-state index < -0.39 is 8.32 Å². The van der Waals surface area contributed by atoms with E-state index in [4.69, 9.17) is 4.43 Å². The summed E-state index contributed by atoms with van der Waals surface area (Å²) < 4.78 is 6.67. The fraction of sp³-hybridized carbons (Fsp3) is 0.875. The number of carbonyl (C=O) groups excluding carboxylic acids is 1. The molecule has 0 aromatic rings. The van der Waals surface area contributed by atoms with Gasteiger partial charge >= 0.3 is 0 Å². The molecule has 0 aromatic heterocycles. The minimum absolute atomic E-state index is 0.0188. The molecule has 3 heteroatoms. The molecule has 4 aliphatic rings. The maximum absolute atomic E-state index is 12.6. The Morgan fingerprint density at radius 3 is 2.63 bits per heavy atom. The average Bonchev–Trinajstić information content (AvgIpc) is 2.90. The monoisotopic (exact) mass is 388 g/mol. The lowest BCUT2D eigenvalue weighted by atomic mass is 9.45. The zero-order valence-corrected chi connectivity index (χ0v) is 19.1. The van der Waals surface area contributed by atoms with Crippen molar-refractivity contribution in [2.75, 3.05) is 0 Å². The summed E-state index contributed by atoms with van der Waals surface area (Å²) in [5.74, 6) is 3.73. The standard InChI is InChI=1S/C24H40O2Si/c1-6-15-27(4,5)26-18-11-13-23(2)17(16-18)7-8-19-20-9-10-22(25)24(20,3)14-12-21(19)23/h6,17-21H,1,7-16H2,2-5H3. The van der Waals surface area contributed by atoms with Gasteiger partial charge in [0.05, 0.1) is 0 Å². The maximum Gasteiger partial charge on any atom is 0.190 e. The molecular formula is C24H40O2Si. The number of Topliss-reactive ketones (excluding diaryl/α,β-unsaturated/α-hetero) is 1. The maximum atomic E-state index is 12.6. The lowest BCUT2D eigenvalue weighted by Crippen LogP contribution is -2.54. The Bertz CT molecular complexity index is 614. The lowest BCUT2D eigenvalue weighted by Gasteiger charge is -2.60. The first-order valence-corrected chi connectivity index (χ1v) is 14.6. The number of fused-ring (bicyclic) bond motifs is 5. The molecule has 0 N–H and O–H groups in total. The van der Waals surface area contributed by atoms with Crippen LogP contribution < -0.4 is 0 Å². The van der Waals surface area contributed by atoms with Crippen LogP contribution in [0.5, 0.6) is 0 Å². The van der Waals surface area contributed by atoms with Crippen LogP contribution in [0.4, 0.5) is 0 Å². The van der Waals surface area contributed by atoms with Crippen LogP contribution in [0.15, 0.2) is 12.7 Å². The molecule has 2 nitrogen and oxygen atoms in total. The predicted octanol–water partition coefficient (Wildman–Crippen LogP) is 6.37. The highest BCUT2D eigenvalue weighted by atomic mass is 28.4. The summed E-state index contributed by atoms with van der Waals surface area (Å²) in [7, 11) is -1.60. The first-order chi connectivity index (χ1) is 12.7. The van der Waals surface area contributed by atoms with Crippen molar-refractivity contribution in [3.8, 4) is 0 Å². The van der Waals surface area contributed by atoms with Gasteiger partial charge in [0, 0.05) is 17.9 Å². The Balaban J connectivity index is 1.48. The van der Waals surface area contributed by atoms with E-state index in [0.29, 0.717) is 23.2 Å². The van der Waals surface area contributed by atoms with Crippen LogP contribution in [-0.2, 0) is 9.22 Å². The van der Waals surface area contributed by atoms with Crippen molar-refractivity contribution in [3.05, 3.63) is 12.7 Å². The summed E-state index contributed by atoms with van der Waals surface area (Å²) in [4.78, 5) is 12.6. The number of carbonyl (C=O) groups is 1. The molecule has 0 bridgehead atoms. The van der Waals surface area contributed by atoms with Crippen LogP contribution in [-0.4, -0.2) is 20.2 Å². The first kappa shape index (κ1) is 19.9. The molecule has 152 valence electrons. The van der Waals surface area contributed by atoms with E-state index in [1.807, 2.05) is 6.08 Å². The van der Waals surface area contributed by atoms with Crippen LogP contribution in [0.2, 0.25) is 19.1 Å². The van der Waals surface area contributed by atoms with Crippen LogP contribution in [0.25, 0.3) is 0 Å². The Labute approximate surface area is 167 Å². The van der Waals surface area contributed by atoms with Gasteiger partial charge in [0.15, 0.2) is 8.32 Å². The SMILES string of the molecule is C=CC[Si](C)(C)OC1CCC2(C)C(CCC3C4CCC(=O)C4(C)CCC32)C1. The van der Waals surface area contributed by atoms with E-state index in [0.717, 1.165) is 36.6 Å². The van der Waals surface area contributed by atoms with Gasteiger partial charge in [0.1, 0.15) is 5.78 Å². The zero-order valence-electron chi connectivity index (χ0n) is 18.1. The fourth-order valence-corrected chi connectivity index (χ4v) is 9.85. The van der Waals surface area contributed by atoms with Gasteiger partial charge in [0.2, 0.25) is 0 Å². The second-order valence-electron chi connectivity index (χ2n) is 11.3. The molecule has 7 atom stereocenters. The third-order valence-electron chi connectivity index (χ3n) is 9.45. The number of allylic oxidation sites excluding steroid dienone is 1. The van der Waals surface area contributed by atoms with E-state index >= 15 is 0 Å². The predicted molar refractivity (Wildman–Crippen MR) is 114 cm³/mol. The fourth-order valence-electron chi connectivity index (χ4n) is 7.94. The van der Waals surface area contributed by atoms with Gasteiger partial charge in [-0.2, -0.15) is 0 Å². The van der Waals surface area contributed by atoms with Gasteiger partial charge in [-0.1, -0.05) is 19.9 Å². The van der Waals surface area contributed by atoms with Crippen molar-refractivity contribution in [3.63, 3.8) is 0 Å². The summed E-state index contributed by atoms with van der Waals surface area (Å²) in [6, 6.07) is 1.06. The Morgan fingerprint density at radius 1 is 1.11 bits per heavy atom. The van der Waals surface area contributed by atoms with Crippen molar-refractivity contribution in [1.82, 2.24) is 0 Å². The van der Waals surface area contributed by atoms with Gasteiger partial charge in [-0.05, 0) is 99.6 Å². The molecule has 7 unspecified atom stereocenters. The van der Waals surface area contributed by atoms with E-state index in [1.165, 1.54) is 44.9 Å². The smallest absolute Gasteiger partial charge is 0.190 e. The Morgan fingerprint density at radius 2 is 1.89 bits per heavy atom. The Kier molecular flexibility index (Phi) is 5.03. The average molecular weight is 389 g/mol.